The number of rotatable bonds is 4. The summed E-state index contributed by atoms with van der Waals surface area (Å²) in [5, 5.41) is 0. The van der Waals surface area contributed by atoms with Gasteiger partial charge in [0, 0.05) is 49.8 Å². The van der Waals surface area contributed by atoms with Gasteiger partial charge in [-0.3, -0.25) is 4.79 Å². The molecule has 4 rings (SSSR count). The number of carbonyl (C=O) groups is 1. The van der Waals surface area contributed by atoms with Gasteiger partial charge in [0.25, 0.3) is 0 Å². The molecule has 0 unspecified atom stereocenters. The molecule has 2 aliphatic heterocycles. The van der Waals surface area contributed by atoms with Crippen molar-refractivity contribution in [1.29, 1.82) is 0 Å². The van der Waals surface area contributed by atoms with Crippen molar-refractivity contribution in [3.05, 3.63) is 46.4 Å². The highest BCUT2D eigenvalue weighted by atomic mass is 79.9. The number of halogens is 1. The molecule has 9 heteroatoms. The third-order valence-corrected chi connectivity index (χ3v) is 8.55. The maximum atomic E-state index is 13.4. The first-order valence-corrected chi connectivity index (χ1v) is 12.0. The van der Waals surface area contributed by atoms with E-state index in [1.807, 2.05) is 30.3 Å². The number of para-hydroxylation sites is 2. The van der Waals surface area contributed by atoms with Gasteiger partial charge >= 0.3 is 0 Å². The number of fused-ring (bicyclic) bond motifs is 1. The Labute approximate surface area is 185 Å². The Morgan fingerprint density at radius 1 is 1.03 bits per heavy atom. The summed E-state index contributed by atoms with van der Waals surface area (Å²) >= 11 is 3.44. The highest BCUT2D eigenvalue weighted by Gasteiger charge is 2.33. The Morgan fingerprint density at radius 3 is 2.40 bits per heavy atom. The standard InChI is InChI=1S/C21H24BrN3O4S/c1-15(26)25-8-7-16-13-17(22)21(14-19(16)25)30(27,28)24-11-9-23(10-12-24)18-5-3-4-6-20(18)29-2/h3-6,13-14H,7-12H2,1-2H3. The minimum absolute atomic E-state index is 0.0788. The summed E-state index contributed by atoms with van der Waals surface area (Å²) in [4.78, 5) is 15.9. The summed E-state index contributed by atoms with van der Waals surface area (Å²) in [6.07, 6.45) is 0.728. The lowest BCUT2D eigenvalue weighted by Crippen LogP contribution is -2.48. The number of nitrogens with zero attached hydrogens (tertiary/aromatic N) is 3. The Kier molecular flexibility index (Phi) is 5.78. The van der Waals surface area contributed by atoms with E-state index >= 15 is 0 Å². The van der Waals surface area contributed by atoms with Crippen molar-refractivity contribution in [1.82, 2.24) is 4.31 Å². The summed E-state index contributed by atoms with van der Waals surface area (Å²) in [7, 11) is -2.06. The second-order valence-corrected chi connectivity index (χ2v) is 10.2. The zero-order valence-corrected chi connectivity index (χ0v) is 19.4. The number of anilines is 2. The first-order valence-electron chi connectivity index (χ1n) is 9.81. The minimum atomic E-state index is -3.69. The fourth-order valence-electron chi connectivity index (χ4n) is 4.11. The van der Waals surface area contributed by atoms with Gasteiger partial charge in [-0.1, -0.05) is 12.1 Å². The molecule has 2 aromatic rings. The van der Waals surface area contributed by atoms with Gasteiger partial charge in [-0.2, -0.15) is 4.31 Å². The molecule has 7 nitrogen and oxygen atoms in total. The van der Waals surface area contributed by atoms with Gasteiger partial charge in [0.1, 0.15) is 5.75 Å². The third-order valence-electron chi connectivity index (χ3n) is 5.69. The normalized spacial score (nSPS) is 17.2. The van der Waals surface area contributed by atoms with E-state index in [4.69, 9.17) is 4.74 Å². The molecule has 1 amide bonds. The van der Waals surface area contributed by atoms with Gasteiger partial charge < -0.3 is 14.5 Å². The van der Waals surface area contributed by atoms with E-state index in [9.17, 15) is 13.2 Å². The Balaban J connectivity index is 1.57. The fraction of sp³-hybridized carbons (Fsp3) is 0.381. The molecule has 2 aromatic carbocycles. The average molecular weight is 494 g/mol. The van der Waals surface area contributed by atoms with E-state index < -0.39 is 10.0 Å². The van der Waals surface area contributed by atoms with Crippen LogP contribution in [0.15, 0.2) is 45.8 Å². The lowest BCUT2D eigenvalue weighted by atomic mass is 10.2. The molecule has 0 saturated carbocycles. The molecule has 0 N–H and O–H groups in total. The molecule has 0 radical (unpaired) electrons. The summed E-state index contributed by atoms with van der Waals surface area (Å²) in [5.41, 5.74) is 2.64. The molecule has 1 saturated heterocycles. The molecule has 160 valence electrons. The number of hydrogen-bond donors (Lipinski definition) is 0. The Morgan fingerprint density at radius 2 is 1.73 bits per heavy atom. The third kappa shape index (κ3) is 3.70. The molecule has 0 aromatic heterocycles. The van der Waals surface area contributed by atoms with Crippen LogP contribution in [0.25, 0.3) is 0 Å². The molecular weight excluding hydrogens is 470 g/mol. The first kappa shape index (κ1) is 21.1. The monoisotopic (exact) mass is 493 g/mol. The van der Waals surface area contributed by atoms with Gasteiger partial charge in [0.2, 0.25) is 15.9 Å². The van der Waals surface area contributed by atoms with Crippen LogP contribution in [0.4, 0.5) is 11.4 Å². The van der Waals surface area contributed by atoms with E-state index in [1.165, 1.54) is 11.2 Å². The van der Waals surface area contributed by atoms with Gasteiger partial charge in [-0.25, -0.2) is 8.42 Å². The van der Waals surface area contributed by atoms with Crippen LogP contribution in [0.3, 0.4) is 0 Å². The molecule has 0 spiro atoms. The highest BCUT2D eigenvalue weighted by molar-refractivity contribution is 9.10. The maximum Gasteiger partial charge on any atom is 0.244 e. The van der Waals surface area contributed by atoms with Crippen molar-refractivity contribution in [2.45, 2.75) is 18.2 Å². The number of methoxy groups -OCH3 is 1. The van der Waals surface area contributed by atoms with Crippen molar-refractivity contribution >= 4 is 43.2 Å². The Hall–Kier alpha value is -2.10. The van der Waals surface area contributed by atoms with Crippen molar-refractivity contribution in [3.63, 3.8) is 0 Å². The van der Waals surface area contributed by atoms with E-state index in [1.54, 1.807) is 18.1 Å². The SMILES string of the molecule is COc1ccccc1N1CCN(S(=O)(=O)c2cc3c(cc2Br)CCN3C(C)=O)CC1. The predicted octanol–water partition coefficient (Wildman–Crippen LogP) is 2.88. The second kappa shape index (κ2) is 8.20. The van der Waals surface area contributed by atoms with Crippen molar-refractivity contribution in [2.24, 2.45) is 0 Å². The zero-order chi connectivity index (χ0) is 21.5. The number of carbonyl (C=O) groups excluding carboxylic acids is 1. The fourth-order valence-corrected chi connectivity index (χ4v) is 6.60. The smallest absolute Gasteiger partial charge is 0.244 e. The number of hydrogen-bond acceptors (Lipinski definition) is 5. The molecular formula is C21H24BrN3O4S. The quantitative estimate of drug-likeness (QED) is 0.654. The molecule has 0 aliphatic carbocycles. The largest absolute Gasteiger partial charge is 0.495 e. The summed E-state index contributed by atoms with van der Waals surface area (Å²) < 4.78 is 34.3. The Bertz CT molecular complexity index is 1080. The lowest BCUT2D eigenvalue weighted by molar-refractivity contribution is -0.116. The second-order valence-electron chi connectivity index (χ2n) is 7.39. The van der Waals surface area contributed by atoms with Gasteiger partial charge in [-0.05, 0) is 52.2 Å². The number of amides is 1. The van der Waals surface area contributed by atoms with Crippen molar-refractivity contribution in [2.75, 3.05) is 49.6 Å². The number of piperazine rings is 1. The number of sulfonamides is 1. The van der Waals surface area contributed by atoms with E-state index in [2.05, 4.69) is 20.8 Å². The molecule has 2 aliphatic rings. The first-order chi connectivity index (χ1) is 14.3. The number of benzene rings is 2. The predicted molar refractivity (Wildman–Crippen MR) is 120 cm³/mol. The summed E-state index contributed by atoms with van der Waals surface area (Å²) in [6, 6.07) is 11.2. The van der Waals surface area contributed by atoms with E-state index in [-0.39, 0.29) is 10.8 Å². The van der Waals surface area contributed by atoms with Crippen LogP contribution in [0.2, 0.25) is 0 Å². The van der Waals surface area contributed by atoms with E-state index in [0.29, 0.717) is 42.9 Å². The van der Waals surface area contributed by atoms with E-state index in [0.717, 1.165) is 23.4 Å². The van der Waals surface area contributed by atoms with Crippen molar-refractivity contribution in [3.8, 4) is 5.75 Å². The van der Waals surface area contributed by atoms with Crippen LogP contribution in [0.5, 0.6) is 5.75 Å². The van der Waals surface area contributed by atoms with Crippen LogP contribution in [-0.2, 0) is 21.2 Å². The highest BCUT2D eigenvalue weighted by Crippen LogP contribution is 2.37. The lowest BCUT2D eigenvalue weighted by Gasteiger charge is -2.36. The summed E-state index contributed by atoms with van der Waals surface area (Å²) in [5.74, 6) is 0.698. The van der Waals surface area contributed by atoms with Crippen molar-refractivity contribution < 1.29 is 17.9 Å². The van der Waals surface area contributed by atoms with Gasteiger partial charge in [0.15, 0.2) is 0 Å². The maximum absolute atomic E-state index is 13.4. The minimum Gasteiger partial charge on any atom is -0.495 e. The van der Waals surface area contributed by atoms with Gasteiger partial charge in [-0.15, -0.1) is 0 Å². The van der Waals surface area contributed by atoms with Crippen LogP contribution in [0, 0.1) is 0 Å². The number of ether oxygens (including phenoxy) is 1. The molecule has 0 atom stereocenters. The molecule has 2 heterocycles. The zero-order valence-electron chi connectivity index (χ0n) is 17.0. The molecule has 1 fully saturated rings. The van der Waals surface area contributed by atoms with Gasteiger partial charge in [0.05, 0.1) is 17.7 Å². The van der Waals surface area contributed by atoms with Crippen LogP contribution in [-0.4, -0.2) is 58.5 Å². The van der Waals surface area contributed by atoms with Crippen LogP contribution in [0.1, 0.15) is 12.5 Å². The van der Waals surface area contributed by atoms with Crippen LogP contribution < -0.4 is 14.5 Å². The van der Waals surface area contributed by atoms with Crippen LogP contribution >= 0.6 is 15.9 Å². The molecule has 30 heavy (non-hydrogen) atoms. The average Bonchev–Trinajstić information content (AvgIpc) is 3.16. The summed E-state index contributed by atoms with van der Waals surface area (Å²) in [6.45, 7) is 3.98. The molecule has 0 bridgehead atoms. The topological polar surface area (TPSA) is 70.2 Å².